The Balaban J connectivity index is 1.58. The van der Waals surface area contributed by atoms with Crippen LogP contribution in [0.3, 0.4) is 0 Å². The van der Waals surface area contributed by atoms with Crippen LogP contribution in [0.5, 0.6) is 0 Å². The predicted molar refractivity (Wildman–Crippen MR) is 101 cm³/mol. The van der Waals surface area contributed by atoms with Crippen molar-refractivity contribution in [3.05, 3.63) is 64.7 Å². The Labute approximate surface area is 149 Å². The lowest BCUT2D eigenvalue weighted by Gasteiger charge is -2.13. The molecule has 2 aromatic carbocycles. The van der Waals surface area contributed by atoms with Crippen LogP contribution in [0.15, 0.2) is 42.5 Å². The molecule has 25 heavy (non-hydrogen) atoms. The Morgan fingerprint density at radius 2 is 1.76 bits per heavy atom. The van der Waals surface area contributed by atoms with Gasteiger partial charge in [0.1, 0.15) is 0 Å². The number of carbonyl (C=O) groups excluding carboxylic acids is 2. The van der Waals surface area contributed by atoms with E-state index in [2.05, 4.69) is 25.2 Å². The zero-order chi connectivity index (χ0) is 17.8. The van der Waals surface area contributed by atoms with E-state index in [-0.39, 0.29) is 24.5 Å². The van der Waals surface area contributed by atoms with Gasteiger partial charge in [-0.1, -0.05) is 44.2 Å². The molecule has 3 rings (SSSR count). The SMILES string of the molecule is CC(C)c1ccccc1NC(=O)CCC(=O)c1ccc2c(c1)CCC2. The molecule has 0 bridgehead atoms. The van der Waals surface area contributed by atoms with Crippen molar-refractivity contribution in [1.82, 2.24) is 0 Å². The van der Waals surface area contributed by atoms with Crippen molar-refractivity contribution in [3.8, 4) is 0 Å². The number of aryl methyl sites for hydroxylation is 2. The summed E-state index contributed by atoms with van der Waals surface area (Å²) < 4.78 is 0. The van der Waals surface area contributed by atoms with Crippen LogP contribution < -0.4 is 5.32 Å². The summed E-state index contributed by atoms with van der Waals surface area (Å²) in [5.41, 5.74) is 5.34. The average molecular weight is 335 g/mol. The average Bonchev–Trinajstić information content (AvgIpc) is 3.07. The lowest BCUT2D eigenvalue weighted by Crippen LogP contribution is -2.15. The molecule has 0 fully saturated rings. The quantitative estimate of drug-likeness (QED) is 0.763. The number of para-hydroxylation sites is 1. The van der Waals surface area contributed by atoms with E-state index in [1.54, 1.807) is 0 Å². The second kappa shape index (κ2) is 7.64. The number of anilines is 1. The van der Waals surface area contributed by atoms with E-state index in [0.717, 1.165) is 29.7 Å². The molecule has 0 aliphatic heterocycles. The summed E-state index contributed by atoms with van der Waals surface area (Å²) in [5.74, 6) is 0.272. The Morgan fingerprint density at radius 3 is 2.56 bits per heavy atom. The molecule has 0 radical (unpaired) electrons. The molecule has 0 saturated carbocycles. The van der Waals surface area contributed by atoms with Gasteiger partial charge in [0.25, 0.3) is 0 Å². The van der Waals surface area contributed by atoms with Crippen molar-refractivity contribution in [2.45, 2.75) is 51.9 Å². The number of carbonyl (C=O) groups is 2. The molecule has 1 N–H and O–H groups in total. The Kier molecular flexibility index (Phi) is 5.32. The van der Waals surface area contributed by atoms with Gasteiger partial charge in [-0.05, 0) is 54.0 Å². The topological polar surface area (TPSA) is 46.2 Å². The fourth-order valence-electron chi connectivity index (χ4n) is 3.44. The van der Waals surface area contributed by atoms with Crippen LogP contribution in [0.1, 0.15) is 66.1 Å². The highest BCUT2D eigenvalue weighted by Crippen LogP contribution is 2.25. The van der Waals surface area contributed by atoms with Gasteiger partial charge >= 0.3 is 0 Å². The summed E-state index contributed by atoms with van der Waals surface area (Å²) in [6.07, 6.45) is 3.80. The molecular formula is C22H25NO2. The zero-order valence-electron chi connectivity index (χ0n) is 15.0. The molecule has 130 valence electrons. The molecule has 0 spiro atoms. The van der Waals surface area contributed by atoms with Crippen molar-refractivity contribution in [2.24, 2.45) is 0 Å². The van der Waals surface area contributed by atoms with Crippen molar-refractivity contribution in [2.75, 3.05) is 5.32 Å². The normalized spacial score (nSPS) is 12.9. The van der Waals surface area contributed by atoms with Crippen molar-refractivity contribution < 1.29 is 9.59 Å². The standard InChI is InChI=1S/C22H25NO2/c1-15(2)19-8-3-4-9-20(19)23-22(25)13-12-21(24)18-11-10-16-6-5-7-17(16)14-18/h3-4,8-11,14-15H,5-7,12-13H2,1-2H3,(H,23,25). The molecule has 1 aliphatic carbocycles. The first kappa shape index (κ1) is 17.4. The number of nitrogens with one attached hydrogen (secondary N) is 1. The molecule has 3 nitrogen and oxygen atoms in total. The monoisotopic (exact) mass is 335 g/mol. The lowest BCUT2D eigenvalue weighted by molar-refractivity contribution is -0.116. The van der Waals surface area contributed by atoms with E-state index in [1.807, 2.05) is 36.4 Å². The van der Waals surface area contributed by atoms with E-state index < -0.39 is 0 Å². The second-order valence-corrected chi connectivity index (χ2v) is 7.05. The largest absolute Gasteiger partial charge is 0.326 e. The lowest BCUT2D eigenvalue weighted by atomic mass is 10.00. The highest BCUT2D eigenvalue weighted by molar-refractivity contribution is 6.00. The van der Waals surface area contributed by atoms with Crippen LogP contribution >= 0.6 is 0 Å². The third kappa shape index (κ3) is 4.16. The van der Waals surface area contributed by atoms with Crippen LogP contribution in [-0.2, 0) is 17.6 Å². The number of hydrogen-bond acceptors (Lipinski definition) is 2. The first-order chi connectivity index (χ1) is 12.0. The first-order valence-corrected chi connectivity index (χ1v) is 9.08. The van der Waals surface area contributed by atoms with E-state index in [1.165, 1.54) is 17.5 Å². The van der Waals surface area contributed by atoms with Gasteiger partial charge in [0.15, 0.2) is 5.78 Å². The number of amides is 1. The summed E-state index contributed by atoms with van der Waals surface area (Å²) in [6, 6.07) is 13.8. The van der Waals surface area contributed by atoms with Crippen LogP contribution in [0, 0.1) is 0 Å². The summed E-state index contributed by atoms with van der Waals surface area (Å²) >= 11 is 0. The van der Waals surface area contributed by atoms with Crippen LogP contribution in [0.4, 0.5) is 5.69 Å². The van der Waals surface area contributed by atoms with Crippen molar-refractivity contribution in [3.63, 3.8) is 0 Å². The maximum atomic E-state index is 12.4. The first-order valence-electron chi connectivity index (χ1n) is 9.08. The molecule has 0 saturated heterocycles. The smallest absolute Gasteiger partial charge is 0.224 e. The van der Waals surface area contributed by atoms with Gasteiger partial charge in [0, 0.05) is 24.1 Å². The van der Waals surface area contributed by atoms with Crippen LogP contribution in [-0.4, -0.2) is 11.7 Å². The number of Topliss-reactive ketones (excluding diaryl/α,β-unsaturated/α-hetero) is 1. The molecule has 0 unspecified atom stereocenters. The highest BCUT2D eigenvalue weighted by atomic mass is 16.2. The molecule has 0 atom stereocenters. The molecule has 2 aromatic rings. The van der Waals surface area contributed by atoms with Gasteiger partial charge in [0.2, 0.25) is 5.91 Å². The summed E-state index contributed by atoms with van der Waals surface area (Å²) in [7, 11) is 0. The Hall–Kier alpha value is -2.42. The Morgan fingerprint density at radius 1 is 1.00 bits per heavy atom. The van der Waals surface area contributed by atoms with Gasteiger partial charge in [0.05, 0.1) is 0 Å². The molecular weight excluding hydrogens is 310 g/mol. The van der Waals surface area contributed by atoms with E-state index in [0.29, 0.717) is 5.92 Å². The van der Waals surface area contributed by atoms with E-state index in [9.17, 15) is 9.59 Å². The number of ketones is 1. The predicted octanol–water partition coefficient (Wildman–Crippen LogP) is 4.90. The van der Waals surface area contributed by atoms with Gasteiger partial charge in [-0.3, -0.25) is 9.59 Å². The summed E-state index contributed by atoms with van der Waals surface area (Å²) in [6.45, 7) is 4.20. The molecule has 0 aromatic heterocycles. The fourth-order valence-corrected chi connectivity index (χ4v) is 3.44. The molecule has 0 heterocycles. The minimum Gasteiger partial charge on any atom is -0.326 e. The van der Waals surface area contributed by atoms with Gasteiger partial charge in [-0.25, -0.2) is 0 Å². The minimum absolute atomic E-state index is 0.0435. The Bertz CT molecular complexity index is 792. The number of benzene rings is 2. The van der Waals surface area contributed by atoms with Gasteiger partial charge in [-0.15, -0.1) is 0 Å². The molecule has 1 amide bonds. The number of rotatable bonds is 6. The highest BCUT2D eigenvalue weighted by Gasteiger charge is 2.15. The van der Waals surface area contributed by atoms with Crippen molar-refractivity contribution >= 4 is 17.4 Å². The second-order valence-electron chi connectivity index (χ2n) is 7.05. The summed E-state index contributed by atoms with van der Waals surface area (Å²) in [5, 5.41) is 2.95. The number of fused-ring (bicyclic) bond motifs is 1. The van der Waals surface area contributed by atoms with Crippen LogP contribution in [0.2, 0.25) is 0 Å². The third-order valence-corrected chi connectivity index (χ3v) is 4.86. The van der Waals surface area contributed by atoms with Gasteiger partial charge in [-0.2, -0.15) is 0 Å². The minimum atomic E-state index is -0.109. The van der Waals surface area contributed by atoms with Crippen molar-refractivity contribution in [1.29, 1.82) is 0 Å². The fraction of sp³-hybridized carbons (Fsp3) is 0.364. The molecule has 3 heteroatoms. The summed E-state index contributed by atoms with van der Waals surface area (Å²) in [4.78, 5) is 24.6. The van der Waals surface area contributed by atoms with Gasteiger partial charge < -0.3 is 5.32 Å². The van der Waals surface area contributed by atoms with Crippen LogP contribution in [0.25, 0.3) is 0 Å². The number of hydrogen-bond donors (Lipinski definition) is 1. The molecule has 1 aliphatic rings. The maximum Gasteiger partial charge on any atom is 0.224 e. The zero-order valence-corrected chi connectivity index (χ0v) is 15.0. The van der Waals surface area contributed by atoms with E-state index in [4.69, 9.17) is 0 Å². The third-order valence-electron chi connectivity index (χ3n) is 4.86. The maximum absolute atomic E-state index is 12.4. The van der Waals surface area contributed by atoms with E-state index >= 15 is 0 Å².